The van der Waals surface area contributed by atoms with Crippen LogP contribution in [0, 0.1) is 0 Å². The number of nitrogens with zero attached hydrogens (tertiary/aromatic N) is 3. The van der Waals surface area contributed by atoms with Gasteiger partial charge in [-0.2, -0.15) is 5.10 Å². The minimum Gasteiger partial charge on any atom is -0.504 e. The van der Waals surface area contributed by atoms with E-state index in [1.54, 1.807) is 24.5 Å². The van der Waals surface area contributed by atoms with E-state index in [0.717, 1.165) is 28.2 Å². The lowest BCUT2D eigenvalue weighted by Crippen LogP contribution is -2.33. The van der Waals surface area contributed by atoms with Crippen LogP contribution in [0.1, 0.15) is 35.4 Å². The quantitative estimate of drug-likeness (QED) is 0.682. The Morgan fingerprint density at radius 3 is 2.76 bits per heavy atom. The van der Waals surface area contributed by atoms with Gasteiger partial charge in [0.05, 0.1) is 18.9 Å². The van der Waals surface area contributed by atoms with Crippen molar-refractivity contribution in [2.45, 2.75) is 18.7 Å². The normalized spacial score (nSPS) is 19.8. The highest BCUT2D eigenvalue weighted by Crippen LogP contribution is 2.48. The number of halogens is 1. The minimum atomic E-state index is -0.367. The summed E-state index contributed by atoms with van der Waals surface area (Å²) < 4.78 is 11.6. The summed E-state index contributed by atoms with van der Waals surface area (Å²) in [6, 6.07) is 14.8. The van der Waals surface area contributed by atoms with E-state index in [4.69, 9.17) is 26.2 Å². The first-order chi connectivity index (χ1) is 14.1. The summed E-state index contributed by atoms with van der Waals surface area (Å²) in [6.45, 7) is 0. The smallest absolute Gasteiger partial charge is 0.213 e. The van der Waals surface area contributed by atoms with Gasteiger partial charge in [0, 0.05) is 40.5 Å². The fourth-order valence-electron chi connectivity index (χ4n) is 3.84. The summed E-state index contributed by atoms with van der Waals surface area (Å²) in [7, 11) is 1.53. The van der Waals surface area contributed by atoms with Crippen LogP contribution in [0.4, 0.5) is 0 Å². The van der Waals surface area contributed by atoms with E-state index in [9.17, 15) is 5.11 Å². The number of hydrazone groups is 1. The number of aromatic hydroxyl groups is 1. The Kier molecular flexibility index (Phi) is 4.28. The van der Waals surface area contributed by atoms with Gasteiger partial charge in [-0.25, -0.2) is 5.01 Å². The summed E-state index contributed by atoms with van der Waals surface area (Å²) >= 11 is 6.27. The van der Waals surface area contributed by atoms with Crippen molar-refractivity contribution in [3.8, 4) is 17.2 Å². The molecule has 146 valence electrons. The van der Waals surface area contributed by atoms with Crippen LogP contribution in [-0.4, -0.2) is 27.9 Å². The van der Waals surface area contributed by atoms with Crippen molar-refractivity contribution >= 4 is 17.3 Å². The summed E-state index contributed by atoms with van der Waals surface area (Å²) in [5.74, 6) is 1.32. The van der Waals surface area contributed by atoms with Gasteiger partial charge in [0.25, 0.3) is 0 Å². The lowest BCUT2D eigenvalue weighted by molar-refractivity contribution is -0.0190. The van der Waals surface area contributed by atoms with E-state index in [-0.39, 0.29) is 18.0 Å². The molecule has 0 amide bonds. The lowest BCUT2D eigenvalue weighted by Gasteiger charge is -2.38. The van der Waals surface area contributed by atoms with Crippen LogP contribution in [0.15, 0.2) is 66.0 Å². The number of methoxy groups -OCH3 is 1. The van der Waals surface area contributed by atoms with Crippen molar-refractivity contribution in [3.63, 3.8) is 0 Å². The van der Waals surface area contributed by atoms with Crippen LogP contribution < -0.4 is 9.47 Å². The third kappa shape index (κ3) is 3.06. The summed E-state index contributed by atoms with van der Waals surface area (Å²) in [4.78, 5) is 4.11. The molecule has 0 radical (unpaired) electrons. The van der Waals surface area contributed by atoms with Crippen molar-refractivity contribution in [2.75, 3.05) is 7.11 Å². The highest BCUT2D eigenvalue weighted by atomic mass is 35.5. The molecule has 2 aliphatic rings. The SMILES string of the molecule is COc1cc(C2=NN3[C@H](C2)c2cc(Cl)ccc2O[C@@H]3c2ccncc2)ccc1O. The molecule has 1 N–H and O–H groups in total. The number of ether oxygens (including phenoxy) is 2. The highest BCUT2D eigenvalue weighted by Gasteiger charge is 2.41. The predicted octanol–water partition coefficient (Wildman–Crippen LogP) is 4.69. The zero-order valence-corrected chi connectivity index (χ0v) is 16.4. The van der Waals surface area contributed by atoms with Gasteiger partial charge in [-0.1, -0.05) is 11.6 Å². The number of fused-ring (bicyclic) bond motifs is 3. The Hall–Kier alpha value is -3.25. The lowest BCUT2D eigenvalue weighted by atomic mass is 9.96. The van der Waals surface area contributed by atoms with Gasteiger partial charge < -0.3 is 14.6 Å². The van der Waals surface area contributed by atoms with Gasteiger partial charge in [0.15, 0.2) is 11.5 Å². The molecule has 3 heterocycles. The van der Waals surface area contributed by atoms with Gasteiger partial charge in [0.2, 0.25) is 6.23 Å². The van der Waals surface area contributed by atoms with Crippen LogP contribution in [0.25, 0.3) is 0 Å². The molecular weight excluding hydrogens is 390 g/mol. The number of aromatic nitrogens is 1. The maximum absolute atomic E-state index is 9.92. The Balaban J connectivity index is 1.60. The first kappa shape index (κ1) is 17.8. The van der Waals surface area contributed by atoms with Crippen LogP contribution in [-0.2, 0) is 0 Å². The number of pyridine rings is 1. The molecule has 0 aliphatic carbocycles. The number of phenols is 1. The molecule has 0 fully saturated rings. The average molecular weight is 408 g/mol. The van der Waals surface area contributed by atoms with Crippen molar-refractivity contribution < 1.29 is 14.6 Å². The number of hydrogen-bond acceptors (Lipinski definition) is 6. The molecule has 29 heavy (non-hydrogen) atoms. The van der Waals surface area contributed by atoms with Gasteiger partial charge >= 0.3 is 0 Å². The van der Waals surface area contributed by atoms with Crippen LogP contribution in [0.3, 0.4) is 0 Å². The second-order valence-corrected chi connectivity index (χ2v) is 7.40. The van der Waals surface area contributed by atoms with E-state index in [2.05, 4.69) is 4.98 Å². The molecule has 0 unspecified atom stereocenters. The molecule has 2 aromatic carbocycles. The molecular formula is C22H18ClN3O3. The second-order valence-electron chi connectivity index (χ2n) is 6.97. The summed E-state index contributed by atoms with van der Waals surface area (Å²) in [5.41, 5.74) is 3.76. The Morgan fingerprint density at radius 1 is 1.14 bits per heavy atom. The number of rotatable bonds is 3. The zero-order valence-electron chi connectivity index (χ0n) is 15.6. The summed E-state index contributed by atoms with van der Waals surface area (Å²) in [6.07, 6.45) is 3.81. The van der Waals surface area contributed by atoms with E-state index in [1.807, 2.05) is 41.4 Å². The maximum Gasteiger partial charge on any atom is 0.213 e. The zero-order chi connectivity index (χ0) is 20.0. The first-order valence-electron chi connectivity index (χ1n) is 9.23. The van der Waals surface area contributed by atoms with Crippen LogP contribution >= 0.6 is 11.6 Å². The van der Waals surface area contributed by atoms with Gasteiger partial charge in [-0.15, -0.1) is 0 Å². The average Bonchev–Trinajstić information content (AvgIpc) is 3.20. The molecule has 5 rings (SSSR count). The summed E-state index contributed by atoms with van der Waals surface area (Å²) in [5, 5.41) is 17.5. The van der Waals surface area contributed by atoms with Crippen LogP contribution in [0.5, 0.6) is 17.2 Å². The highest BCUT2D eigenvalue weighted by molar-refractivity contribution is 6.30. The number of phenolic OH excluding ortho intramolecular Hbond substituents is 1. The molecule has 3 aromatic rings. The van der Waals surface area contributed by atoms with Crippen molar-refractivity contribution in [2.24, 2.45) is 5.10 Å². The Labute approximate surface area is 173 Å². The maximum atomic E-state index is 9.92. The molecule has 7 heteroatoms. The van der Waals surface area contributed by atoms with Gasteiger partial charge in [-0.05, 0) is 48.5 Å². The standard InChI is InChI=1S/C22H18ClN3O3/c1-28-21-10-14(2-4-19(21)27)17-12-18-16-11-15(23)3-5-20(16)29-22(26(18)25-17)13-6-8-24-9-7-13/h2-11,18,22,27H,12H2,1H3/t18-,22-/m1/s1. The topological polar surface area (TPSA) is 67.2 Å². The fourth-order valence-corrected chi connectivity index (χ4v) is 4.02. The van der Waals surface area contributed by atoms with Gasteiger partial charge in [0.1, 0.15) is 5.75 Å². The molecule has 0 saturated heterocycles. The van der Waals surface area contributed by atoms with E-state index in [0.29, 0.717) is 17.2 Å². The van der Waals surface area contributed by atoms with E-state index >= 15 is 0 Å². The second kappa shape index (κ2) is 6.97. The molecule has 2 aliphatic heterocycles. The van der Waals surface area contributed by atoms with E-state index < -0.39 is 0 Å². The molecule has 2 atom stereocenters. The number of benzene rings is 2. The monoisotopic (exact) mass is 407 g/mol. The Morgan fingerprint density at radius 2 is 1.97 bits per heavy atom. The third-order valence-corrected chi connectivity index (χ3v) is 5.49. The van der Waals surface area contributed by atoms with E-state index in [1.165, 1.54) is 7.11 Å². The largest absolute Gasteiger partial charge is 0.504 e. The molecule has 6 nitrogen and oxygen atoms in total. The third-order valence-electron chi connectivity index (χ3n) is 5.26. The van der Waals surface area contributed by atoms with Crippen molar-refractivity contribution in [1.29, 1.82) is 0 Å². The number of hydrogen-bond donors (Lipinski definition) is 1. The van der Waals surface area contributed by atoms with Gasteiger partial charge in [-0.3, -0.25) is 4.98 Å². The van der Waals surface area contributed by atoms with Crippen molar-refractivity contribution in [1.82, 2.24) is 9.99 Å². The molecule has 0 bridgehead atoms. The molecule has 0 saturated carbocycles. The predicted molar refractivity (Wildman–Crippen MR) is 109 cm³/mol. The molecule has 0 spiro atoms. The van der Waals surface area contributed by atoms with Crippen molar-refractivity contribution in [3.05, 3.63) is 82.6 Å². The Bertz CT molecular complexity index is 1100. The first-order valence-corrected chi connectivity index (χ1v) is 9.61. The minimum absolute atomic E-state index is 0.00888. The van der Waals surface area contributed by atoms with Crippen LogP contribution in [0.2, 0.25) is 5.02 Å². The fraction of sp³-hybridized carbons (Fsp3) is 0.182. The molecule has 1 aromatic heterocycles.